The van der Waals surface area contributed by atoms with Gasteiger partial charge in [0.05, 0.1) is 34.5 Å². The number of hydrogen-bond donors (Lipinski definition) is 1. The quantitative estimate of drug-likeness (QED) is 0.538. The van der Waals surface area contributed by atoms with E-state index in [0.717, 1.165) is 27.4 Å². The number of carbonyl (C=O) groups is 1. The molecule has 0 aliphatic rings. The van der Waals surface area contributed by atoms with E-state index >= 15 is 0 Å². The maximum Gasteiger partial charge on any atom is 0.263 e. The fourth-order valence-electron chi connectivity index (χ4n) is 2.85. The Morgan fingerprint density at radius 2 is 2.07 bits per heavy atom. The van der Waals surface area contributed by atoms with Crippen molar-refractivity contribution in [2.45, 2.75) is 13.5 Å². The van der Waals surface area contributed by atoms with Crippen LogP contribution in [0.15, 0.2) is 53.7 Å². The Balaban J connectivity index is 1.55. The Labute approximate surface area is 164 Å². The summed E-state index contributed by atoms with van der Waals surface area (Å²) in [4.78, 5) is 22.3. The second kappa shape index (κ2) is 7.81. The first kappa shape index (κ1) is 17.6. The molecule has 8 heteroatoms. The molecule has 0 aliphatic carbocycles. The minimum Gasteiger partial charge on any atom is -0.349 e. The number of aromatic nitrogens is 4. The van der Waals surface area contributed by atoms with Gasteiger partial charge < -0.3 is 5.32 Å². The van der Waals surface area contributed by atoms with Gasteiger partial charge in [0.25, 0.3) is 5.91 Å². The Morgan fingerprint density at radius 1 is 1.22 bits per heavy atom. The van der Waals surface area contributed by atoms with Crippen LogP contribution >= 0.6 is 22.7 Å². The van der Waals surface area contributed by atoms with Crippen LogP contribution in [0.2, 0.25) is 0 Å². The highest BCUT2D eigenvalue weighted by atomic mass is 32.1. The third kappa shape index (κ3) is 3.67. The van der Waals surface area contributed by atoms with Crippen LogP contribution in [0.5, 0.6) is 0 Å². The molecule has 1 amide bonds. The molecule has 0 radical (unpaired) electrons. The summed E-state index contributed by atoms with van der Waals surface area (Å²) in [6.45, 7) is 2.92. The molecule has 0 bridgehead atoms. The van der Waals surface area contributed by atoms with Crippen molar-refractivity contribution in [3.8, 4) is 21.7 Å². The molecule has 4 aromatic heterocycles. The van der Waals surface area contributed by atoms with Gasteiger partial charge in [-0.05, 0) is 36.1 Å². The van der Waals surface area contributed by atoms with E-state index in [0.29, 0.717) is 18.0 Å². The summed E-state index contributed by atoms with van der Waals surface area (Å²) in [6.07, 6.45) is 5.44. The standard InChI is InChI=1S/C19H17N5OS2/c1-13-18(27-12-22-13)19(25)21-8-9-24-17(16-3-2-10-26-16)15(11-23-24)14-4-6-20-7-5-14/h2-7,10-12H,8-9H2,1H3,(H,21,25). The molecule has 4 heterocycles. The molecule has 0 fully saturated rings. The monoisotopic (exact) mass is 395 g/mol. The van der Waals surface area contributed by atoms with Crippen LogP contribution in [0.4, 0.5) is 0 Å². The fourth-order valence-corrected chi connectivity index (χ4v) is 4.35. The van der Waals surface area contributed by atoms with Crippen LogP contribution in [0.1, 0.15) is 15.4 Å². The Hall–Kier alpha value is -2.84. The van der Waals surface area contributed by atoms with Gasteiger partial charge in [-0.25, -0.2) is 4.98 Å². The van der Waals surface area contributed by atoms with Crippen LogP contribution in [0.25, 0.3) is 21.7 Å². The first-order chi connectivity index (χ1) is 13.2. The predicted octanol–water partition coefficient (Wildman–Crippen LogP) is 3.87. The lowest BCUT2D eigenvalue weighted by Crippen LogP contribution is -2.27. The number of pyridine rings is 1. The summed E-state index contributed by atoms with van der Waals surface area (Å²) in [5.74, 6) is -0.0887. The van der Waals surface area contributed by atoms with Crippen molar-refractivity contribution in [3.63, 3.8) is 0 Å². The number of aryl methyl sites for hydroxylation is 1. The molecule has 4 rings (SSSR count). The molecule has 1 N–H and O–H groups in total. The fraction of sp³-hybridized carbons (Fsp3) is 0.158. The van der Waals surface area contributed by atoms with Crippen molar-refractivity contribution in [1.82, 2.24) is 25.1 Å². The number of rotatable bonds is 6. The van der Waals surface area contributed by atoms with E-state index < -0.39 is 0 Å². The molecular weight excluding hydrogens is 378 g/mol. The average Bonchev–Trinajstić information content (AvgIpc) is 3.42. The third-order valence-electron chi connectivity index (χ3n) is 4.15. The smallest absolute Gasteiger partial charge is 0.263 e. The number of amides is 1. The maximum absolute atomic E-state index is 12.3. The molecule has 27 heavy (non-hydrogen) atoms. The minimum absolute atomic E-state index is 0.0887. The van der Waals surface area contributed by atoms with Crippen molar-refractivity contribution >= 4 is 28.6 Å². The lowest BCUT2D eigenvalue weighted by molar-refractivity contribution is 0.0955. The van der Waals surface area contributed by atoms with E-state index in [4.69, 9.17) is 0 Å². The first-order valence-electron chi connectivity index (χ1n) is 8.42. The number of carbonyl (C=O) groups excluding carboxylic acids is 1. The van der Waals surface area contributed by atoms with E-state index in [2.05, 4.69) is 31.8 Å². The second-order valence-electron chi connectivity index (χ2n) is 5.87. The highest BCUT2D eigenvalue weighted by Crippen LogP contribution is 2.34. The van der Waals surface area contributed by atoms with E-state index in [1.54, 1.807) is 29.2 Å². The zero-order valence-electron chi connectivity index (χ0n) is 14.6. The Kier molecular flexibility index (Phi) is 5.08. The second-order valence-corrected chi connectivity index (χ2v) is 7.67. The van der Waals surface area contributed by atoms with Gasteiger partial charge in [0.2, 0.25) is 0 Å². The predicted molar refractivity (Wildman–Crippen MR) is 108 cm³/mol. The SMILES string of the molecule is Cc1ncsc1C(=O)NCCn1ncc(-c2ccncc2)c1-c1cccs1. The largest absolute Gasteiger partial charge is 0.349 e. The normalized spacial score (nSPS) is 10.9. The van der Waals surface area contributed by atoms with Gasteiger partial charge in [-0.1, -0.05) is 6.07 Å². The summed E-state index contributed by atoms with van der Waals surface area (Å²) in [5, 5.41) is 9.58. The minimum atomic E-state index is -0.0887. The van der Waals surface area contributed by atoms with Crippen LogP contribution in [-0.2, 0) is 6.54 Å². The summed E-state index contributed by atoms with van der Waals surface area (Å²) >= 11 is 3.03. The van der Waals surface area contributed by atoms with Gasteiger partial charge in [0, 0.05) is 24.5 Å². The van der Waals surface area contributed by atoms with Crippen LogP contribution < -0.4 is 5.32 Å². The van der Waals surface area contributed by atoms with Crippen molar-refractivity contribution in [2.24, 2.45) is 0 Å². The van der Waals surface area contributed by atoms with Crippen LogP contribution in [0, 0.1) is 6.92 Å². The number of thiazole rings is 1. The highest BCUT2D eigenvalue weighted by Gasteiger charge is 2.16. The molecule has 4 aromatic rings. The topological polar surface area (TPSA) is 72.7 Å². The van der Waals surface area contributed by atoms with Gasteiger partial charge in [0.15, 0.2) is 0 Å². The maximum atomic E-state index is 12.3. The third-order valence-corrected chi connectivity index (χ3v) is 5.95. The zero-order valence-corrected chi connectivity index (χ0v) is 16.3. The Morgan fingerprint density at radius 3 is 2.78 bits per heavy atom. The number of hydrogen-bond acceptors (Lipinski definition) is 6. The number of thiophene rings is 1. The zero-order chi connectivity index (χ0) is 18.6. The van der Waals surface area contributed by atoms with Gasteiger partial charge in [0.1, 0.15) is 4.88 Å². The number of nitrogens with one attached hydrogen (secondary N) is 1. The van der Waals surface area contributed by atoms with Crippen LogP contribution in [0.3, 0.4) is 0 Å². The Bertz CT molecular complexity index is 1040. The molecule has 0 unspecified atom stereocenters. The van der Waals surface area contributed by atoms with Crippen molar-refractivity contribution in [1.29, 1.82) is 0 Å². The molecular formula is C19H17N5OS2. The van der Waals surface area contributed by atoms with E-state index in [-0.39, 0.29) is 5.91 Å². The van der Waals surface area contributed by atoms with Gasteiger partial charge in [-0.2, -0.15) is 5.10 Å². The average molecular weight is 396 g/mol. The first-order valence-corrected chi connectivity index (χ1v) is 10.2. The summed E-state index contributed by atoms with van der Waals surface area (Å²) < 4.78 is 1.95. The van der Waals surface area contributed by atoms with E-state index in [9.17, 15) is 4.79 Å². The van der Waals surface area contributed by atoms with Crippen molar-refractivity contribution < 1.29 is 4.79 Å². The molecule has 0 atom stereocenters. The van der Waals surface area contributed by atoms with Gasteiger partial charge >= 0.3 is 0 Å². The lowest BCUT2D eigenvalue weighted by atomic mass is 10.1. The molecule has 136 valence electrons. The van der Waals surface area contributed by atoms with Crippen LogP contribution in [-0.4, -0.2) is 32.2 Å². The summed E-state index contributed by atoms with van der Waals surface area (Å²) in [5.41, 5.74) is 5.64. The molecule has 0 saturated heterocycles. The van der Waals surface area contributed by atoms with Crippen molar-refractivity contribution in [3.05, 3.63) is 64.3 Å². The summed E-state index contributed by atoms with van der Waals surface area (Å²) in [7, 11) is 0. The molecule has 0 spiro atoms. The summed E-state index contributed by atoms with van der Waals surface area (Å²) in [6, 6.07) is 8.07. The van der Waals surface area contributed by atoms with Gasteiger partial charge in [-0.3, -0.25) is 14.5 Å². The highest BCUT2D eigenvalue weighted by molar-refractivity contribution is 7.13. The van der Waals surface area contributed by atoms with Crippen molar-refractivity contribution in [2.75, 3.05) is 6.54 Å². The number of nitrogens with zero attached hydrogens (tertiary/aromatic N) is 4. The van der Waals surface area contributed by atoms with Gasteiger partial charge in [-0.15, -0.1) is 22.7 Å². The van der Waals surface area contributed by atoms with E-state index in [1.807, 2.05) is 36.0 Å². The molecule has 0 aromatic carbocycles. The van der Waals surface area contributed by atoms with E-state index in [1.165, 1.54) is 11.3 Å². The molecule has 0 saturated carbocycles. The molecule has 0 aliphatic heterocycles. The lowest BCUT2D eigenvalue weighted by Gasteiger charge is -2.09. The molecule has 6 nitrogen and oxygen atoms in total.